The van der Waals surface area contributed by atoms with Gasteiger partial charge >= 0.3 is 5.97 Å². The molecule has 18 heavy (non-hydrogen) atoms. The Labute approximate surface area is 104 Å². The maximum atomic E-state index is 10.7. The van der Waals surface area contributed by atoms with Crippen LogP contribution in [0.4, 0.5) is 0 Å². The summed E-state index contributed by atoms with van der Waals surface area (Å²) in [5.41, 5.74) is 2.46. The van der Waals surface area contributed by atoms with Crippen molar-refractivity contribution in [3.8, 4) is 0 Å². The van der Waals surface area contributed by atoms with E-state index >= 15 is 0 Å². The van der Waals surface area contributed by atoms with Crippen LogP contribution in [0.25, 0.3) is 0 Å². The number of nitrogens with one attached hydrogen (secondary N) is 1. The Morgan fingerprint density at radius 3 is 3.00 bits per heavy atom. The minimum atomic E-state index is -0.977. The molecule has 0 aliphatic rings. The molecule has 0 amide bonds. The van der Waals surface area contributed by atoms with Crippen molar-refractivity contribution >= 4 is 5.97 Å². The van der Waals surface area contributed by atoms with Crippen LogP contribution in [0.1, 0.15) is 27.2 Å². The van der Waals surface area contributed by atoms with Gasteiger partial charge in [0.1, 0.15) is 12.0 Å². The second-order valence-corrected chi connectivity index (χ2v) is 4.01. The van der Waals surface area contributed by atoms with Crippen LogP contribution < -0.4 is 5.32 Å². The zero-order valence-electron chi connectivity index (χ0n) is 10.0. The number of nitrogens with zero attached hydrogens (tertiary/aromatic N) is 1. The van der Waals surface area contributed by atoms with Gasteiger partial charge in [-0.3, -0.25) is 4.98 Å². The van der Waals surface area contributed by atoms with Gasteiger partial charge in [0.25, 0.3) is 0 Å². The van der Waals surface area contributed by atoms with E-state index in [0.29, 0.717) is 18.8 Å². The van der Waals surface area contributed by atoms with Gasteiger partial charge in [0.15, 0.2) is 0 Å². The van der Waals surface area contributed by atoms with E-state index in [4.69, 9.17) is 9.52 Å². The lowest BCUT2D eigenvalue weighted by molar-refractivity contribution is 0.0696. The average molecular weight is 246 g/mol. The molecule has 0 spiro atoms. The summed E-state index contributed by atoms with van der Waals surface area (Å²) in [6.07, 6.45) is 4.81. The summed E-state index contributed by atoms with van der Waals surface area (Å²) in [5.74, 6) is -0.367. The Kier molecular flexibility index (Phi) is 3.74. The molecule has 5 nitrogen and oxygen atoms in total. The molecular weight excluding hydrogens is 232 g/mol. The maximum absolute atomic E-state index is 10.7. The SMILES string of the molecule is Cc1cnccc1CNCc1cc(C(=O)O)co1. The van der Waals surface area contributed by atoms with E-state index in [-0.39, 0.29) is 5.56 Å². The third-order valence-corrected chi connectivity index (χ3v) is 2.65. The molecule has 0 radical (unpaired) electrons. The first-order chi connectivity index (χ1) is 8.66. The van der Waals surface area contributed by atoms with Gasteiger partial charge in [0.2, 0.25) is 0 Å². The monoisotopic (exact) mass is 246 g/mol. The Bertz CT molecular complexity index is 549. The number of aryl methyl sites for hydroxylation is 1. The largest absolute Gasteiger partial charge is 0.478 e. The van der Waals surface area contributed by atoms with Crippen LogP contribution in [0, 0.1) is 6.92 Å². The van der Waals surface area contributed by atoms with Crippen LogP contribution in [0.15, 0.2) is 35.2 Å². The number of aromatic nitrogens is 1. The number of hydrogen-bond acceptors (Lipinski definition) is 4. The average Bonchev–Trinajstić information content (AvgIpc) is 2.80. The van der Waals surface area contributed by atoms with E-state index in [2.05, 4.69) is 10.3 Å². The quantitative estimate of drug-likeness (QED) is 0.843. The van der Waals surface area contributed by atoms with Crippen LogP contribution in [0.2, 0.25) is 0 Å². The molecule has 0 atom stereocenters. The molecule has 2 heterocycles. The molecule has 0 saturated carbocycles. The van der Waals surface area contributed by atoms with Gasteiger partial charge in [-0.05, 0) is 30.2 Å². The van der Waals surface area contributed by atoms with Crippen LogP contribution in [0.3, 0.4) is 0 Å². The summed E-state index contributed by atoms with van der Waals surface area (Å²) in [5, 5.41) is 11.9. The molecule has 0 unspecified atom stereocenters. The molecule has 2 aromatic heterocycles. The number of furan rings is 1. The first-order valence-electron chi connectivity index (χ1n) is 5.57. The van der Waals surface area contributed by atoms with Gasteiger partial charge in [-0.15, -0.1) is 0 Å². The lowest BCUT2D eigenvalue weighted by atomic mass is 10.1. The summed E-state index contributed by atoms with van der Waals surface area (Å²) < 4.78 is 5.14. The molecule has 2 aromatic rings. The summed E-state index contributed by atoms with van der Waals surface area (Å²) >= 11 is 0. The lowest BCUT2D eigenvalue weighted by Gasteiger charge is -2.05. The summed E-state index contributed by atoms with van der Waals surface area (Å²) in [7, 11) is 0. The molecule has 0 saturated heterocycles. The molecule has 0 aliphatic carbocycles. The van der Waals surface area contributed by atoms with E-state index < -0.39 is 5.97 Å². The van der Waals surface area contributed by atoms with Gasteiger partial charge in [-0.25, -0.2) is 4.79 Å². The molecule has 0 aromatic carbocycles. The van der Waals surface area contributed by atoms with Crippen LogP contribution in [-0.2, 0) is 13.1 Å². The summed E-state index contributed by atoms with van der Waals surface area (Å²) in [6.45, 7) is 3.19. The van der Waals surface area contributed by atoms with Gasteiger partial charge in [0, 0.05) is 18.9 Å². The number of carboxylic acids is 1. The predicted octanol–water partition coefficient (Wildman–Crippen LogP) is 1.97. The summed E-state index contributed by atoms with van der Waals surface area (Å²) in [4.78, 5) is 14.7. The highest BCUT2D eigenvalue weighted by Crippen LogP contribution is 2.09. The molecule has 0 fully saturated rings. The van der Waals surface area contributed by atoms with E-state index in [9.17, 15) is 4.79 Å². The number of hydrogen-bond donors (Lipinski definition) is 2. The van der Waals surface area contributed by atoms with Crippen molar-refractivity contribution in [3.63, 3.8) is 0 Å². The fraction of sp³-hybridized carbons (Fsp3) is 0.231. The van der Waals surface area contributed by atoms with Crippen LogP contribution in [0.5, 0.6) is 0 Å². The van der Waals surface area contributed by atoms with Crippen molar-refractivity contribution in [1.29, 1.82) is 0 Å². The first kappa shape index (κ1) is 12.3. The highest BCUT2D eigenvalue weighted by atomic mass is 16.4. The molecule has 0 bridgehead atoms. The number of carbonyl (C=O) groups is 1. The van der Waals surface area contributed by atoms with Crippen molar-refractivity contribution in [2.24, 2.45) is 0 Å². The van der Waals surface area contributed by atoms with Gasteiger partial charge in [-0.2, -0.15) is 0 Å². The minimum absolute atomic E-state index is 0.173. The van der Waals surface area contributed by atoms with Crippen LogP contribution >= 0.6 is 0 Å². The molecule has 0 aliphatic heterocycles. The van der Waals surface area contributed by atoms with Gasteiger partial charge in [-0.1, -0.05) is 0 Å². The minimum Gasteiger partial charge on any atom is -0.478 e. The normalized spacial score (nSPS) is 10.5. The fourth-order valence-corrected chi connectivity index (χ4v) is 1.61. The third kappa shape index (κ3) is 2.95. The maximum Gasteiger partial charge on any atom is 0.338 e. The number of rotatable bonds is 5. The van der Waals surface area contributed by atoms with Crippen molar-refractivity contribution in [1.82, 2.24) is 10.3 Å². The predicted molar refractivity (Wildman–Crippen MR) is 65.2 cm³/mol. The molecule has 94 valence electrons. The Hall–Kier alpha value is -2.14. The van der Waals surface area contributed by atoms with Gasteiger partial charge < -0.3 is 14.8 Å². The van der Waals surface area contributed by atoms with Gasteiger partial charge in [0.05, 0.1) is 12.1 Å². The second-order valence-electron chi connectivity index (χ2n) is 4.01. The van der Waals surface area contributed by atoms with Crippen molar-refractivity contribution in [3.05, 3.63) is 53.2 Å². The van der Waals surface area contributed by atoms with E-state index in [0.717, 1.165) is 11.1 Å². The first-order valence-corrected chi connectivity index (χ1v) is 5.57. The number of carboxylic acid groups (broad SMARTS) is 1. The van der Waals surface area contributed by atoms with Crippen LogP contribution in [-0.4, -0.2) is 16.1 Å². The number of pyridine rings is 1. The van der Waals surface area contributed by atoms with E-state index in [1.807, 2.05) is 19.2 Å². The van der Waals surface area contributed by atoms with E-state index in [1.54, 1.807) is 6.20 Å². The topological polar surface area (TPSA) is 75.4 Å². The number of aromatic carboxylic acids is 1. The third-order valence-electron chi connectivity index (χ3n) is 2.65. The summed E-state index contributed by atoms with van der Waals surface area (Å²) in [6, 6.07) is 3.47. The molecule has 2 rings (SSSR count). The highest BCUT2D eigenvalue weighted by molar-refractivity contribution is 5.87. The molecule has 2 N–H and O–H groups in total. The molecule has 5 heteroatoms. The zero-order valence-corrected chi connectivity index (χ0v) is 10.0. The highest BCUT2D eigenvalue weighted by Gasteiger charge is 2.07. The fourth-order valence-electron chi connectivity index (χ4n) is 1.61. The Morgan fingerprint density at radius 2 is 2.33 bits per heavy atom. The van der Waals surface area contributed by atoms with E-state index in [1.165, 1.54) is 12.3 Å². The standard InChI is InChI=1S/C13H14N2O3/c1-9-5-14-3-2-10(9)6-15-7-12-4-11(8-18-12)13(16)17/h2-5,8,15H,6-7H2,1H3,(H,16,17). The molecular formula is C13H14N2O3. The zero-order chi connectivity index (χ0) is 13.0. The smallest absolute Gasteiger partial charge is 0.338 e. The van der Waals surface area contributed by atoms with Crippen molar-refractivity contribution in [2.45, 2.75) is 20.0 Å². The van der Waals surface area contributed by atoms with Crippen molar-refractivity contribution < 1.29 is 14.3 Å². The Balaban J connectivity index is 1.88. The Morgan fingerprint density at radius 1 is 1.50 bits per heavy atom. The van der Waals surface area contributed by atoms with Crippen molar-refractivity contribution in [2.75, 3.05) is 0 Å². The second kappa shape index (κ2) is 5.46. The lowest BCUT2D eigenvalue weighted by Crippen LogP contribution is -2.13.